The standard InChI is InChI=1S/C14H29N3O3/c1-10(2)12(9-16(5)6)15-14(20)17(11(3)4)8-7-13(18)19/h10-12H,7-9H2,1-6H3,(H,15,20)(H,18,19). The third-order valence-corrected chi connectivity index (χ3v) is 3.13. The molecule has 0 aromatic rings. The minimum absolute atomic E-state index is 0.0264. The van der Waals surface area contributed by atoms with E-state index in [0.29, 0.717) is 5.92 Å². The van der Waals surface area contributed by atoms with Crippen molar-refractivity contribution >= 4 is 12.0 Å². The Bertz CT molecular complexity index is 317. The zero-order valence-electron chi connectivity index (χ0n) is 13.5. The summed E-state index contributed by atoms with van der Waals surface area (Å²) >= 11 is 0. The van der Waals surface area contributed by atoms with Gasteiger partial charge >= 0.3 is 12.0 Å². The van der Waals surface area contributed by atoms with Crippen LogP contribution in [0.15, 0.2) is 0 Å². The van der Waals surface area contributed by atoms with Crippen molar-refractivity contribution in [3.8, 4) is 0 Å². The molecular formula is C14H29N3O3. The number of hydrogen-bond acceptors (Lipinski definition) is 3. The van der Waals surface area contributed by atoms with E-state index in [0.717, 1.165) is 6.54 Å². The van der Waals surface area contributed by atoms with Crippen molar-refractivity contribution in [2.75, 3.05) is 27.2 Å². The SMILES string of the molecule is CC(C)C(CN(C)C)NC(=O)N(CCC(=O)O)C(C)C. The normalized spacial score (nSPS) is 12.8. The van der Waals surface area contributed by atoms with Crippen LogP contribution in [-0.4, -0.2) is 66.2 Å². The summed E-state index contributed by atoms with van der Waals surface area (Å²) in [6, 6.07) is -0.174. The average molecular weight is 287 g/mol. The maximum Gasteiger partial charge on any atom is 0.317 e. The van der Waals surface area contributed by atoms with Crippen LogP contribution < -0.4 is 5.32 Å². The second kappa shape index (κ2) is 8.79. The summed E-state index contributed by atoms with van der Waals surface area (Å²) in [4.78, 5) is 26.6. The zero-order valence-corrected chi connectivity index (χ0v) is 13.5. The molecule has 0 heterocycles. The number of likely N-dealkylation sites (N-methyl/N-ethyl adjacent to an activating group) is 1. The number of hydrogen-bond donors (Lipinski definition) is 2. The Kier molecular flexibility index (Phi) is 8.22. The summed E-state index contributed by atoms with van der Waals surface area (Å²) in [7, 11) is 3.93. The van der Waals surface area contributed by atoms with E-state index in [1.807, 2.05) is 32.8 Å². The molecule has 20 heavy (non-hydrogen) atoms. The van der Waals surface area contributed by atoms with Crippen LogP contribution in [0.5, 0.6) is 0 Å². The summed E-state index contributed by atoms with van der Waals surface area (Å²) in [5.74, 6) is -0.577. The van der Waals surface area contributed by atoms with Crippen LogP contribution >= 0.6 is 0 Å². The van der Waals surface area contributed by atoms with Crippen LogP contribution in [0.25, 0.3) is 0 Å². The molecule has 1 unspecified atom stereocenters. The first-order valence-corrected chi connectivity index (χ1v) is 7.08. The molecule has 118 valence electrons. The highest BCUT2D eigenvalue weighted by molar-refractivity contribution is 5.76. The number of carbonyl (C=O) groups excluding carboxylic acids is 1. The minimum atomic E-state index is -0.892. The molecule has 0 radical (unpaired) electrons. The van der Waals surface area contributed by atoms with Crippen LogP contribution in [0, 0.1) is 5.92 Å². The average Bonchev–Trinajstić information content (AvgIpc) is 2.26. The minimum Gasteiger partial charge on any atom is -0.481 e. The van der Waals surface area contributed by atoms with Gasteiger partial charge in [0.25, 0.3) is 0 Å². The Balaban J connectivity index is 4.66. The Hall–Kier alpha value is -1.30. The lowest BCUT2D eigenvalue weighted by Crippen LogP contribution is -2.52. The third kappa shape index (κ3) is 7.33. The molecule has 0 rings (SSSR count). The highest BCUT2D eigenvalue weighted by atomic mass is 16.4. The lowest BCUT2D eigenvalue weighted by molar-refractivity contribution is -0.137. The van der Waals surface area contributed by atoms with E-state index < -0.39 is 5.97 Å². The second-order valence-electron chi connectivity index (χ2n) is 5.99. The van der Waals surface area contributed by atoms with Crippen LogP contribution in [0.4, 0.5) is 4.79 Å². The fourth-order valence-corrected chi connectivity index (χ4v) is 1.87. The second-order valence-corrected chi connectivity index (χ2v) is 5.99. The van der Waals surface area contributed by atoms with Gasteiger partial charge in [-0.2, -0.15) is 0 Å². The van der Waals surface area contributed by atoms with Gasteiger partial charge in [-0.15, -0.1) is 0 Å². The summed E-state index contributed by atoms with van der Waals surface area (Å²) < 4.78 is 0. The summed E-state index contributed by atoms with van der Waals surface area (Å²) in [5, 5.41) is 11.8. The number of urea groups is 1. The lowest BCUT2D eigenvalue weighted by Gasteiger charge is -2.31. The summed E-state index contributed by atoms with van der Waals surface area (Å²) in [5.41, 5.74) is 0. The number of amides is 2. The van der Waals surface area contributed by atoms with Gasteiger partial charge in [0.05, 0.1) is 6.42 Å². The van der Waals surface area contributed by atoms with Gasteiger partial charge in [-0.1, -0.05) is 13.8 Å². The Morgan fingerprint density at radius 2 is 1.70 bits per heavy atom. The van der Waals surface area contributed by atoms with Crippen molar-refractivity contribution < 1.29 is 14.7 Å². The van der Waals surface area contributed by atoms with Crippen molar-refractivity contribution in [2.24, 2.45) is 5.92 Å². The molecule has 6 nitrogen and oxygen atoms in total. The Morgan fingerprint density at radius 3 is 2.05 bits per heavy atom. The highest BCUT2D eigenvalue weighted by Crippen LogP contribution is 2.06. The molecule has 0 aliphatic rings. The summed E-state index contributed by atoms with van der Waals surface area (Å²) in [6.07, 6.45) is -0.0361. The molecule has 0 saturated heterocycles. The molecule has 0 aliphatic carbocycles. The van der Waals surface area contributed by atoms with E-state index in [-0.39, 0.29) is 31.1 Å². The van der Waals surface area contributed by atoms with Gasteiger partial charge in [-0.05, 0) is 33.9 Å². The summed E-state index contributed by atoms with van der Waals surface area (Å²) in [6.45, 7) is 8.88. The van der Waals surface area contributed by atoms with Gasteiger partial charge < -0.3 is 20.2 Å². The van der Waals surface area contributed by atoms with Crippen LogP contribution in [-0.2, 0) is 4.79 Å². The first-order valence-electron chi connectivity index (χ1n) is 7.08. The lowest BCUT2D eigenvalue weighted by atomic mass is 10.0. The molecule has 0 saturated carbocycles. The van der Waals surface area contributed by atoms with Gasteiger partial charge in [0.1, 0.15) is 0 Å². The van der Waals surface area contributed by atoms with Crippen LogP contribution in [0.3, 0.4) is 0 Å². The maximum atomic E-state index is 12.3. The number of carboxylic acid groups (broad SMARTS) is 1. The monoisotopic (exact) mass is 287 g/mol. The maximum absolute atomic E-state index is 12.3. The van der Waals surface area contributed by atoms with Gasteiger partial charge in [-0.3, -0.25) is 4.79 Å². The number of carboxylic acids is 1. The largest absolute Gasteiger partial charge is 0.481 e. The molecule has 0 fully saturated rings. The highest BCUT2D eigenvalue weighted by Gasteiger charge is 2.23. The number of nitrogens with one attached hydrogen (secondary N) is 1. The predicted octanol–water partition coefficient (Wildman–Crippen LogP) is 1.47. The molecule has 1 atom stereocenters. The first-order chi connectivity index (χ1) is 9.15. The van der Waals surface area contributed by atoms with Gasteiger partial charge in [-0.25, -0.2) is 4.79 Å². The molecule has 2 N–H and O–H groups in total. The smallest absolute Gasteiger partial charge is 0.317 e. The predicted molar refractivity (Wildman–Crippen MR) is 79.8 cm³/mol. The topological polar surface area (TPSA) is 72.9 Å². The number of aliphatic carboxylic acids is 1. The van der Waals surface area contributed by atoms with E-state index in [4.69, 9.17) is 5.11 Å². The first kappa shape index (κ1) is 18.7. The third-order valence-electron chi connectivity index (χ3n) is 3.13. The fourth-order valence-electron chi connectivity index (χ4n) is 1.87. The van der Waals surface area contributed by atoms with Crippen molar-refractivity contribution in [1.29, 1.82) is 0 Å². The van der Waals surface area contributed by atoms with E-state index in [9.17, 15) is 9.59 Å². The fraction of sp³-hybridized carbons (Fsp3) is 0.857. The number of nitrogens with zero attached hydrogens (tertiary/aromatic N) is 2. The van der Waals surface area contributed by atoms with Crippen molar-refractivity contribution in [3.63, 3.8) is 0 Å². The number of carbonyl (C=O) groups is 2. The van der Waals surface area contributed by atoms with E-state index in [1.54, 1.807) is 4.90 Å². The molecule has 2 amide bonds. The number of rotatable bonds is 8. The van der Waals surface area contributed by atoms with E-state index in [2.05, 4.69) is 19.2 Å². The zero-order chi connectivity index (χ0) is 15.9. The molecule has 6 heteroatoms. The van der Waals surface area contributed by atoms with E-state index in [1.165, 1.54) is 0 Å². The van der Waals surface area contributed by atoms with Crippen LogP contribution in [0.2, 0.25) is 0 Å². The molecule has 0 aliphatic heterocycles. The van der Waals surface area contributed by atoms with Gasteiger partial charge in [0, 0.05) is 25.2 Å². The van der Waals surface area contributed by atoms with Crippen molar-refractivity contribution in [2.45, 2.75) is 46.2 Å². The Morgan fingerprint density at radius 1 is 1.15 bits per heavy atom. The molecule has 0 aromatic heterocycles. The molecule has 0 aromatic carbocycles. The molecule has 0 bridgehead atoms. The Labute approximate surface area is 122 Å². The van der Waals surface area contributed by atoms with Crippen LogP contribution in [0.1, 0.15) is 34.1 Å². The van der Waals surface area contributed by atoms with E-state index >= 15 is 0 Å². The van der Waals surface area contributed by atoms with Gasteiger partial charge in [0.2, 0.25) is 0 Å². The molecular weight excluding hydrogens is 258 g/mol. The van der Waals surface area contributed by atoms with Crippen molar-refractivity contribution in [1.82, 2.24) is 15.1 Å². The van der Waals surface area contributed by atoms with Gasteiger partial charge in [0.15, 0.2) is 0 Å². The quantitative estimate of drug-likeness (QED) is 0.709. The van der Waals surface area contributed by atoms with Crippen molar-refractivity contribution in [3.05, 3.63) is 0 Å². The molecule has 0 spiro atoms.